The van der Waals surface area contributed by atoms with E-state index >= 15 is 0 Å². The Balaban J connectivity index is 2.08. The van der Waals surface area contributed by atoms with Crippen LogP contribution >= 0.6 is 0 Å². The quantitative estimate of drug-likeness (QED) is 0.415. The van der Waals surface area contributed by atoms with Crippen molar-refractivity contribution in [3.8, 4) is 5.75 Å². The van der Waals surface area contributed by atoms with E-state index in [4.69, 9.17) is 13.9 Å². The number of likely N-dealkylation sites (tertiary alicyclic amines) is 1. The molecule has 1 N–H and O–H groups in total. The smallest absolute Gasteiger partial charge is 0.295 e. The number of aliphatic hydroxyl groups is 1. The number of ketones is 1. The summed E-state index contributed by atoms with van der Waals surface area (Å²) in [6, 6.07) is 9.47. The van der Waals surface area contributed by atoms with E-state index in [2.05, 4.69) is 0 Å². The molecule has 1 aliphatic heterocycles. The van der Waals surface area contributed by atoms with Gasteiger partial charge in [0.05, 0.1) is 18.8 Å². The van der Waals surface area contributed by atoms with Gasteiger partial charge in [0.1, 0.15) is 29.1 Å². The SMILES string of the molecule is CCCOc1cccc(/C(O)=C2\C(=O)C(=O)N(CCOC)C2c2ccc(C)o2)c1. The number of carbonyl (C=O) groups is 2. The van der Waals surface area contributed by atoms with Crippen LogP contribution in [-0.2, 0) is 14.3 Å². The summed E-state index contributed by atoms with van der Waals surface area (Å²) in [4.78, 5) is 26.9. The lowest BCUT2D eigenvalue weighted by Crippen LogP contribution is -2.32. The number of amides is 1. The first-order valence-corrected chi connectivity index (χ1v) is 9.54. The molecule has 1 amide bonds. The third-order valence-corrected chi connectivity index (χ3v) is 4.69. The van der Waals surface area contributed by atoms with E-state index < -0.39 is 17.7 Å². The fourth-order valence-corrected chi connectivity index (χ4v) is 3.31. The number of rotatable bonds is 8. The minimum absolute atomic E-state index is 0.00639. The van der Waals surface area contributed by atoms with E-state index in [9.17, 15) is 14.7 Å². The second kappa shape index (κ2) is 8.96. The number of methoxy groups -OCH3 is 1. The monoisotopic (exact) mass is 399 g/mol. The highest BCUT2D eigenvalue weighted by Gasteiger charge is 2.47. The Kier molecular flexibility index (Phi) is 6.39. The Morgan fingerprint density at radius 3 is 2.66 bits per heavy atom. The minimum Gasteiger partial charge on any atom is -0.507 e. The maximum atomic E-state index is 12.8. The van der Waals surface area contributed by atoms with Gasteiger partial charge < -0.3 is 23.9 Å². The first-order valence-electron chi connectivity index (χ1n) is 9.54. The topological polar surface area (TPSA) is 89.2 Å². The fraction of sp³-hybridized carbons (Fsp3) is 0.364. The third kappa shape index (κ3) is 4.19. The number of Topliss-reactive ketones (excluding diaryl/α,β-unsaturated/α-hetero) is 1. The van der Waals surface area contributed by atoms with Crippen molar-refractivity contribution < 1.29 is 28.6 Å². The van der Waals surface area contributed by atoms with Crippen LogP contribution in [0.2, 0.25) is 0 Å². The van der Waals surface area contributed by atoms with Crippen molar-refractivity contribution in [1.29, 1.82) is 0 Å². The molecule has 0 spiro atoms. The lowest BCUT2D eigenvalue weighted by molar-refractivity contribution is -0.140. The maximum absolute atomic E-state index is 12.8. The van der Waals surface area contributed by atoms with Gasteiger partial charge in [0.2, 0.25) is 0 Å². The van der Waals surface area contributed by atoms with Crippen molar-refractivity contribution >= 4 is 17.4 Å². The number of ether oxygens (including phenoxy) is 2. The predicted octanol–water partition coefficient (Wildman–Crippen LogP) is 3.44. The van der Waals surface area contributed by atoms with Crippen molar-refractivity contribution in [3.05, 3.63) is 59.1 Å². The van der Waals surface area contributed by atoms with Crippen molar-refractivity contribution in [1.82, 2.24) is 4.90 Å². The van der Waals surface area contributed by atoms with Crippen LogP contribution in [0.25, 0.3) is 5.76 Å². The molecular weight excluding hydrogens is 374 g/mol. The molecule has 1 atom stereocenters. The summed E-state index contributed by atoms with van der Waals surface area (Å²) in [6.07, 6.45) is 0.846. The van der Waals surface area contributed by atoms with Gasteiger partial charge in [-0.15, -0.1) is 0 Å². The van der Waals surface area contributed by atoms with Crippen molar-refractivity contribution in [2.24, 2.45) is 0 Å². The first-order chi connectivity index (χ1) is 14.0. The molecule has 7 heteroatoms. The Bertz CT molecular complexity index is 929. The van der Waals surface area contributed by atoms with Crippen molar-refractivity contribution in [2.45, 2.75) is 26.3 Å². The molecule has 1 aliphatic rings. The number of hydrogen-bond acceptors (Lipinski definition) is 6. The van der Waals surface area contributed by atoms with Crippen LogP contribution in [0.1, 0.15) is 36.5 Å². The number of aliphatic hydroxyl groups excluding tert-OH is 1. The van der Waals surface area contributed by atoms with Crippen molar-refractivity contribution in [2.75, 3.05) is 26.9 Å². The summed E-state index contributed by atoms with van der Waals surface area (Å²) in [5.74, 6) is -0.0669. The van der Waals surface area contributed by atoms with Crippen LogP contribution in [0, 0.1) is 6.92 Å². The number of carbonyl (C=O) groups excluding carboxylic acids is 2. The van der Waals surface area contributed by atoms with Gasteiger partial charge in [-0.25, -0.2) is 0 Å². The largest absolute Gasteiger partial charge is 0.507 e. The van der Waals surface area contributed by atoms with Crippen molar-refractivity contribution in [3.63, 3.8) is 0 Å². The summed E-state index contributed by atoms with van der Waals surface area (Å²) in [7, 11) is 1.52. The van der Waals surface area contributed by atoms with Crippen LogP contribution < -0.4 is 4.74 Å². The van der Waals surface area contributed by atoms with Crippen LogP contribution in [0.15, 0.2) is 46.4 Å². The predicted molar refractivity (Wildman–Crippen MR) is 107 cm³/mol. The van der Waals surface area contributed by atoms with E-state index in [1.165, 1.54) is 12.0 Å². The summed E-state index contributed by atoms with van der Waals surface area (Å²) < 4.78 is 16.4. The molecule has 0 bridgehead atoms. The molecule has 1 aromatic heterocycles. The molecular formula is C22H25NO6. The van der Waals surface area contributed by atoms with E-state index in [-0.39, 0.29) is 24.5 Å². The lowest BCUT2D eigenvalue weighted by atomic mass is 9.99. The molecule has 1 fully saturated rings. The number of nitrogens with zero attached hydrogens (tertiary/aromatic N) is 1. The molecule has 0 aliphatic carbocycles. The molecule has 3 rings (SSSR count). The summed E-state index contributed by atoms with van der Waals surface area (Å²) in [5, 5.41) is 11.0. The normalized spacial score (nSPS) is 18.4. The van der Waals surface area contributed by atoms with Gasteiger partial charge in [-0.05, 0) is 37.6 Å². The molecule has 0 radical (unpaired) electrons. The fourth-order valence-electron chi connectivity index (χ4n) is 3.31. The molecule has 7 nitrogen and oxygen atoms in total. The molecule has 1 unspecified atom stereocenters. The van der Waals surface area contributed by atoms with Gasteiger partial charge in [-0.1, -0.05) is 19.1 Å². The van der Waals surface area contributed by atoms with Crippen LogP contribution in [0.4, 0.5) is 0 Å². The van der Waals surface area contributed by atoms with Gasteiger partial charge in [-0.2, -0.15) is 0 Å². The molecule has 0 saturated carbocycles. The Morgan fingerprint density at radius 2 is 2.00 bits per heavy atom. The Hall–Kier alpha value is -3.06. The highest BCUT2D eigenvalue weighted by atomic mass is 16.5. The molecule has 1 aromatic carbocycles. The van der Waals surface area contributed by atoms with Gasteiger partial charge >= 0.3 is 0 Å². The minimum atomic E-state index is -0.820. The third-order valence-electron chi connectivity index (χ3n) is 4.69. The second-order valence-corrected chi connectivity index (χ2v) is 6.81. The molecule has 2 heterocycles. The Morgan fingerprint density at radius 1 is 1.21 bits per heavy atom. The number of aryl methyl sites for hydroxylation is 1. The zero-order valence-corrected chi connectivity index (χ0v) is 16.8. The van der Waals surface area contributed by atoms with E-state index in [0.29, 0.717) is 29.4 Å². The summed E-state index contributed by atoms with van der Waals surface area (Å²) in [5.41, 5.74) is 0.393. The highest BCUT2D eigenvalue weighted by Crippen LogP contribution is 2.40. The number of furan rings is 1. The summed E-state index contributed by atoms with van der Waals surface area (Å²) >= 11 is 0. The van der Waals surface area contributed by atoms with Gasteiger partial charge in [-0.3, -0.25) is 9.59 Å². The molecule has 2 aromatic rings. The zero-order chi connectivity index (χ0) is 21.0. The average Bonchev–Trinajstić information content (AvgIpc) is 3.26. The standard InChI is InChI=1S/C22H25NO6/c1-4-11-28-16-7-5-6-15(13-16)20(24)18-19(17-9-8-14(2)29-17)23(10-12-27-3)22(26)21(18)25/h5-9,13,19,24H,4,10-12H2,1-3H3/b20-18+. The lowest BCUT2D eigenvalue weighted by Gasteiger charge is -2.22. The van der Waals surface area contributed by atoms with E-state index in [0.717, 1.165) is 6.42 Å². The van der Waals surface area contributed by atoms with E-state index in [1.54, 1.807) is 43.3 Å². The van der Waals surface area contributed by atoms with Crippen LogP contribution in [0.3, 0.4) is 0 Å². The van der Waals surface area contributed by atoms with E-state index in [1.807, 2.05) is 6.92 Å². The molecule has 154 valence electrons. The van der Waals surface area contributed by atoms with Crippen LogP contribution in [0.5, 0.6) is 5.75 Å². The van der Waals surface area contributed by atoms with Gasteiger partial charge in [0.25, 0.3) is 11.7 Å². The van der Waals surface area contributed by atoms with Crippen LogP contribution in [-0.4, -0.2) is 48.6 Å². The first kappa shape index (κ1) is 20.7. The summed E-state index contributed by atoms with van der Waals surface area (Å²) in [6.45, 7) is 4.76. The highest BCUT2D eigenvalue weighted by molar-refractivity contribution is 6.46. The van der Waals surface area contributed by atoms with Gasteiger partial charge in [0, 0.05) is 19.2 Å². The molecule has 29 heavy (non-hydrogen) atoms. The maximum Gasteiger partial charge on any atom is 0.295 e. The second-order valence-electron chi connectivity index (χ2n) is 6.81. The van der Waals surface area contributed by atoms with Gasteiger partial charge in [0.15, 0.2) is 0 Å². The average molecular weight is 399 g/mol. The Labute approximate surface area is 169 Å². The molecule has 1 saturated heterocycles. The zero-order valence-electron chi connectivity index (χ0n) is 16.8. The number of hydrogen-bond donors (Lipinski definition) is 1. The number of benzene rings is 1.